The fourth-order valence-corrected chi connectivity index (χ4v) is 2.72. The molecule has 3 aromatic rings. The van der Waals surface area contributed by atoms with Gasteiger partial charge in [-0.3, -0.25) is 9.59 Å². The molecule has 0 aliphatic carbocycles. The van der Waals surface area contributed by atoms with E-state index < -0.39 is 5.91 Å². The van der Waals surface area contributed by atoms with Crippen LogP contribution in [-0.2, 0) is 17.6 Å². The normalized spacial score (nSPS) is 10.6. The number of rotatable bonds is 7. The minimum Gasteiger partial charge on any atom is -0.441 e. The van der Waals surface area contributed by atoms with Crippen molar-refractivity contribution in [1.29, 1.82) is 0 Å². The molecule has 2 amide bonds. The van der Waals surface area contributed by atoms with Gasteiger partial charge >= 0.3 is 0 Å². The molecule has 27 heavy (non-hydrogen) atoms. The van der Waals surface area contributed by atoms with E-state index in [1.807, 2.05) is 37.3 Å². The fraction of sp³-hybridized carbons (Fsp3) is 0.190. The zero-order valence-corrected chi connectivity index (χ0v) is 15.1. The summed E-state index contributed by atoms with van der Waals surface area (Å²) in [6, 6.07) is 16.4. The lowest BCUT2D eigenvalue weighted by Gasteiger charge is -2.05. The van der Waals surface area contributed by atoms with Crippen molar-refractivity contribution in [3.05, 3.63) is 77.2 Å². The Labute approximate surface area is 157 Å². The summed E-state index contributed by atoms with van der Waals surface area (Å²) < 4.78 is 5.72. The molecule has 1 aromatic heterocycles. The first-order valence-corrected chi connectivity index (χ1v) is 8.70. The molecule has 0 radical (unpaired) electrons. The molecule has 6 nitrogen and oxygen atoms in total. The Bertz CT molecular complexity index is 931. The number of carbonyl (C=O) groups is 2. The molecule has 3 N–H and O–H groups in total. The summed E-state index contributed by atoms with van der Waals surface area (Å²) >= 11 is 0. The van der Waals surface area contributed by atoms with Gasteiger partial charge in [0, 0.05) is 24.1 Å². The maximum atomic E-state index is 12.1. The topological polar surface area (TPSA) is 98.2 Å². The zero-order chi connectivity index (χ0) is 19.2. The number of carbonyl (C=O) groups excluding carboxylic acids is 2. The second-order valence-electron chi connectivity index (χ2n) is 6.23. The number of hydrogen-bond acceptors (Lipinski definition) is 4. The first-order chi connectivity index (χ1) is 13.0. The van der Waals surface area contributed by atoms with Crippen molar-refractivity contribution in [3.63, 3.8) is 0 Å². The number of oxazole rings is 1. The van der Waals surface area contributed by atoms with Crippen LogP contribution in [0.2, 0.25) is 0 Å². The first-order valence-electron chi connectivity index (χ1n) is 8.70. The summed E-state index contributed by atoms with van der Waals surface area (Å²) in [6.45, 7) is 2.34. The molecule has 0 atom stereocenters. The van der Waals surface area contributed by atoms with Crippen LogP contribution < -0.4 is 11.1 Å². The molecule has 0 fully saturated rings. The largest absolute Gasteiger partial charge is 0.441 e. The number of aryl methyl sites for hydroxylation is 1. The predicted molar refractivity (Wildman–Crippen MR) is 102 cm³/mol. The zero-order valence-electron chi connectivity index (χ0n) is 15.1. The van der Waals surface area contributed by atoms with Gasteiger partial charge in [-0.2, -0.15) is 0 Å². The molecule has 1 heterocycles. The SMILES string of the molecule is Cc1oc(-c2ccccc2)nc1CCNC(=O)Cc1ccc(C(N)=O)cc1. The number of primary amides is 1. The fourth-order valence-electron chi connectivity index (χ4n) is 2.72. The van der Waals surface area contributed by atoms with E-state index in [-0.39, 0.29) is 12.3 Å². The second kappa shape index (κ2) is 8.31. The summed E-state index contributed by atoms with van der Waals surface area (Å²) in [4.78, 5) is 27.7. The molecular formula is C21H21N3O3. The summed E-state index contributed by atoms with van der Waals surface area (Å²) in [5, 5.41) is 2.88. The number of hydrogen-bond donors (Lipinski definition) is 2. The quantitative estimate of drug-likeness (QED) is 0.674. The highest BCUT2D eigenvalue weighted by molar-refractivity contribution is 5.92. The van der Waals surface area contributed by atoms with Crippen molar-refractivity contribution >= 4 is 11.8 Å². The summed E-state index contributed by atoms with van der Waals surface area (Å²) in [7, 11) is 0. The van der Waals surface area contributed by atoms with Crippen molar-refractivity contribution in [2.75, 3.05) is 6.54 Å². The number of nitrogens with zero attached hydrogens (tertiary/aromatic N) is 1. The summed E-state index contributed by atoms with van der Waals surface area (Å²) in [5.74, 6) is 0.768. The smallest absolute Gasteiger partial charge is 0.248 e. The van der Waals surface area contributed by atoms with E-state index in [0.717, 1.165) is 22.6 Å². The standard InChI is InChI=1S/C21H21N3O3/c1-14-18(24-21(27-14)17-5-3-2-4-6-17)11-12-23-19(25)13-15-7-9-16(10-8-15)20(22)26/h2-10H,11-13H2,1H3,(H2,22,26)(H,23,25). The minimum atomic E-state index is -0.483. The Morgan fingerprint density at radius 1 is 1.07 bits per heavy atom. The molecular weight excluding hydrogens is 342 g/mol. The highest BCUT2D eigenvalue weighted by Gasteiger charge is 2.11. The van der Waals surface area contributed by atoms with Crippen LogP contribution in [0.1, 0.15) is 27.4 Å². The van der Waals surface area contributed by atoms with Crippen molar-refractivity contribution in [1.82, 2.24) is 10.3 Å². The van der Waals surface area contributed by atoms with Crippen molar-refractivity contribution < 1.29 is 14.0 Å². The number of amides is 2. The number of benzene rings is 2. The van der Waals surface area contributed by atoms with Gasteiger partial charge in [0.1, 0.15) is 5.76 Å². The summed E-state index contributed by atoms with van der Waals surface area (Å²) in [6.07, 6.45) is 0.834. The third kappa shape index (κ3) is 4.82. The minimum absolute atomic E-state index is 0.0914. The van der Waals surface area contributed by atoms with Crippen molar-refractivity contribution in [3.8, 4) is 11.5 Å². The van der Waals surface area contributed by atoms with Gasteiger partial charge < -0.3 is 15.5 Å². The Kier molecular flexibility index (Phi) is 5.66. The number of nitrogens with two attached hydrogens (primary N) is 1. The monoisotopic (exact) mass is 363 g/mol. The van der Waals surface area contributed by atoms with Crippen molar-refractivity contribution in [2.45, 2.75) is 19.8 Å². The van der Waals surface area contributed by atoms with Crippen LogP contribution in [0.5, 0.6) is 0 Å². The average molecular weight is 363 g/mol. The third-order valence-electron chi connectivity index (χ3n) is 4.20. The maximum Gasteiger partial charge on any atom is 0.248 e. The van der Waals surface area contributed by atoms with E-state index in [4.69, 9.17) is 10.2 Å². The van der Waals surface area contributed by atoms with Crippen LogP contribution in [0.3, 0.4) is 0 Å². The van der Waals surface area contributed by atoms with E-state index in [9.17, 15) is 9.59 Å². The van der Waals surface area contributed by atoms with Gasteiger partial charge in [-0.05, 0) is 36.8 Å². The van der Waals surface area contributed by atoms with E-state index in [1.54, 1.807) is 24.3 Å². The third-order valence-corrected chi connectivity index (χ3v) is 4.20. The van der Waals surface area contributed by atoms with E-state index >= 15 is 0 Å². The molecule has 2 aromatic carbocycles. The van der Waals surface area contributed by atoms with Gasteiger partial charge in [-0.15, -0.1) is 0 Å². The van der Waals surface area contributed by atoms with Crippen LogP contribution in [0.4, 0.5) is 0 Å². The molecule has 0 bridgehead atoms. The molecule has 3 rings (SSSR count). The van der Waals surface area contributed by atoms with Gasteiger partial charge in [0.05, 0.1) is 12.1 Å². The average Bonchev–Trinajstić information content (AvgIpc) is 3.04. The Morgan fingerprint density at radius 2 is 1.78 bits per heavy atom. The van der Waals surface area contributed by atoms with Crippen LogP contribution in [-0.4, -0.2) is 23.3 Å². The van der Waals surface area contributed by atoms with E-state index in [2.05, 4.69) is 10.3 Å². The lowest BCUT2D eigenvalue weighted by atomic mass is 10.1. The van der Waals surface area contributed by atoms with Gasteiger partial charge in [-0.1, -0.05) is 30.3 Å². The number of nitrogens with one attached hydrogen (secondary N) is 1. The van der Waals surface area contributed by atoms with Crippen LogP contribution >= 0.6 is 0 Å². The Hall–Kier alpha value is -3.41. The lowest BCUT2D eigenvalue weighted by molar-refractivity contribution is -0.120. The first kappa shape index (κ1) is 18.4. The van der Waals surface area contributed by atoms with Gasteiger partial charge in [0.25, 0.3) is 0 Å². The predicted octanol–water partition coefficient (Wildman–Crippen LogP) is 2.65. The van der Waals surface area contributed by atoms with Gasteiger partial charge in [0.2, 0.25) is 17.7 Å². The number of aromatic nitrogens is 1. The van der Waals surface area contributed by atoms with Gasteiger partial charge in [-0.25, -0.2) is 4.98 Å². The van der Waals surface area contributed by atoms with Crippen molar-refractivity contribution in [2.24, 2.45) is 5.73 Å². The molecule has 0 aliphatic heterocycles. The molecule has 0 spiro atoms. The lowest BCUT2D eigenvalue weighted by Crippen LogP contribution is -2.27. The van der Waals surface area contributed by atoms with E-state index in [1.165, 1.54) is 0 Å². The molecule has 0 saturated heterocycles. The van der Waals surface area contributed by atoms with Crippen LogP contribution in [0.15, 0.2) is 59.0 Å². The highest BCUT2D eigenvalue weighted by Crippen LogP contribution is 2.21. The van der Waals surface area contributed by atoms with Crippen LogP contribution in [0, 0.1) is 6.92 Å². The molecule has 138 valence electrons. The van der Waals surface area contributed by atoms with Crippen LogP contribution in [0.25, 0.3) is 11.5 Å². The van der Waals surface area contributed by atoms with E-state index in [0.29, 0.717) is 24.4 Å². The highest BCUT2D eigenvalue weighted by atomic mass is 16.4. The van der Waals surface area contributed by atoms with Gasteiger partial charge in [0.15, 0.2) is 0 Å². The second-order valence-corrected chi connectivity index (χ2v) is 6.23. The Morgan fingerprint density at radius 3 is 2.44 bits per heavy atom. The molecule has 0 saturated carbocycles. The maximum absolute atomic E-state index is 12.1. The Balaban J connectivity index is 1.51. The molecule has 6 heteroatoms. The summed E-state index contributed by atoms with van der Waals surface area (Å²) in [5.41, 5.74) is 8.21. The molecule has 0 aliphatic rings. The molecule has 0 unspecified atom stereocenters.